The maximum absolute atomic E-state index is 14.3. The highest BCUT2D eigenvalue weighted by molar-refractivity contribution is 6.31. The molecule has 0 radical (unpaired) electrons. The summed E-state index contributed by atoms with van der Waals surface area (Å²) in [4.78, 5) is 19.4. The number of rotatable bonds is 8. The van der Waals surface area contributed by atoms with E-state index in [-0.39, 0.29) is 12.1 Å². The van der Waals surface area contributed by atoms with Gasteiger partial charge in [-0.25, -0.2) is 13.8 Å². The highest BCUT2D eigenvalue weighted by Gasteiger charge is 2.23. The lowest BCUT2D eigenvalue weighted by Crippen LogP contribution is -2.34. The molecule has 0 aliphatic carbocycles. The Labute approximate surface area is 180 Å². The van der Waals surface area contributed by atoms with Crippen LogP contribution in [0.5, 0.6) is 0 Å². The van der Waals surface area contributed by atoms with Crippen LogP contribution in [0.1, 0.15) is 49.8 Å². The van der Waals surface area contributed by atoms with Gasteiger partial charge in [-0.2, -0.15) is 0 Å². The Balaban J connectivity index is 2.00. The third kappa shape index (κ3) is 4.98. The van der Waals surface area contributed by atoms with Gasteiger partial charge in [-0.05, 0) is 55.2 Å². The lowest BCUT2D eigenvalue weighted by molar-refractivity contribution is 0.0724. The summed E-state index contributed by atoms with van der Waals surface area (Å²) in [7, 11) is 0. The largest absolute Gasteiger partial charge is 0.331 e. The van der Waals surface area contributed by atoms with E-state index < -0.39 is 17.5 Å². The second-order valence-electron chi connectivity index (χ2n) is 7.85. The Morgan fingerprint density at radius 2 is 1.97 bits per heavy atom. The van der Waals surface area contributed by atoms with Crippen LogP contribution < -0.4 is 0 Å². The van der Waals surface area contributed by atoms with Gasteiger partial charge in [-0.15, -0.1) is 0 Å². The first kappa shape index (κ1) is 22.2. The first-order chi connectivity index (χ1) is 14.3. The van der Waals surface area contributed by atoms with Crippen LogP contribution in [0.3, 0.4) is 0 Å². The zero-order chi connectivity index (χ0) is 21.8. The van der Waals surface area contributed by atoms with Gasteiger partial charge in [-0.3, -0.25) is 4.79 Å². The maximum atomic E-state index is 14.3. The Morgan fingerprint density at radius 3 is 2.67 bits per heavy atom. The number of amides is 1. The Bertz CT molecular complexity index is 1050. The standard InChI is InChI=1S/C23H26ClF2N3O/c1-4-10-29-21-12-16(24)5-8-20(21)27-22(29)14-28(11-9-15(2)3)23(30)18-13-17(25)6-7-19(18)26/h5-8,12-13,15H,4,9-11,14H2,1-3H3. The number of hydrogen-bond donors (Lipinski definition) is 0. The lowest BCUT2D eigenvalue weighted by atomic mass is 10.1. The second-order valence-corrected chi connectivity index (χ2v) is 8.28. The van der Waals surface area contributed by atoms with E-state index in [1.807, 2.05) is 16.7 Å². The fourth-order valence-electron chi connectivity index (χ4n) is 3.41. The first-order valence-electron chi connectivity index (χ1n) is 10.2. The Morgan fingerprint density at radius 1 is 1.20 bits per heavy atom. The number of carbonyl (C=O) groups excluding carboxylic acids is 1. The Hall–Kier alpha value is -2.47. The molecule has 0 saturated carbocycles. The molecule has 0 unspecified atom stereocenters. The predicted octanol–water partition coefficient (Wildman–Crippen LogP) is 6.07. The van der Waals surface area contributed by atoms with Crippen molar-refractivity contribution in [2.24, 2.45) is 5.92 Å². The normalized spacial score (nSPS) is 11.4. The highest BCUT2D eigenvalue weighted by atomic mass is 35.5. The monoisotopic (exact) mass is 433 g/mol. The van der Waals surface area contributed by atoms with E-state index in [1.165, 1.54) is 0 Å². The number of aryl methyl sites for hydroxylation is 1. The summed E-state index contributed by atoms with van der Waals surface area (Å²) in [6.07, 6.45) is 1.62. The number of halogens is 3. The molecule has 7 heteroatoms. The average Bonchev–Trinajstić information content (AvgIpc) is 3.03. The summed E-state index contributed by atoms with van der Waals surface area (Å²) in [5.41, 5.74) is 1.42. The van der Waals surface area contributed by atoms with Crippen LogP contribution in [0, 0.1) is 17.6 Å². The molecule has 0 aliphatic rings. The van der Waals surface area contributed by atoms with Crippen molar-refractivity contribution in [1.29, 1.82) is 0 Å². The Kier molecular flexibility index (Phi) is 7.08. The molecule has 0 spiro atoms. The number of benzene rings is 2. The van der Waals surface area contributed by atoms with Crippen LogP contribution in [0.4, 0.5) is 8.78 Å². The molecule has 2 aromatic carbocycles. The fraction of sp³-hybridized carbons (Fsp3) is 0.391. The number of carbonyl (C=O) groups is 1. The van der Waals surface area contributed by atoms with Crippen LogP contribution in [-0.2, 0) is 13.1 Å². The lowest BCUT2D eigenvalue weighted by Gasteiger charge is -2.24. The molecule has 0 saturated heterocycles. The van der Waals surface area contributed by atoms with Crippen molar-refractivity contribution in [3.05, 3.63) is 64.4 Å². The van der Waals surface area contributed by atoms with Gasteiger partial charge in [0.25, 0.3) is 5.91 Å². The minimum atomic E-state index is -0.732. The van der Waals surface area contributed by atoms with E-state index in [0.717, 1.165) is 42.1 Å². The van der Waals surface area contributed by atoms with Crippen LogP contribution >= 0.6 is 11.6 Å². The number of fused-ring (bicyclic) bond motifs is 1. The van der Waals surface area contributed by atoms with E-state index in [2.05, 4.69) is 20.8 Å². The summed E-state index contributed by atoms with van der Waals surface area (Å²) in [5.74, 6) is -0.865. The molecule has 30 heavy (non-hydrogen) atoms. The summed E-state index contributed by atoms with van der Waals surface area (Å²) < 4.78 is 30.0. The SMILES string of the molecule is CCCn1c(CN(CCC(C)C)C(=O)c2cc(F)ccc2F)nc2ccc(Cl)cc21. The molecule has 0 N–H and O–H groups in total. The van der Waals surface area contributed by atoms with Gasteiger partial charge in [0, 0.05) is 18.1 Å². The van der Waals surface area contributed by atoms with E-state index in [0.29, 0.717) is 29.9 Å². The van der Waals surface area contributed by atoms with E-state index in [4.69, 9.17) is 16.6 Å². The van der Waals surface area contributed by atoms with Crippen molar-refractivity contribution >= 4 is 28.5 Å². The first-order valence-corrected chi connectivity index (χ1v) is 10.6. The molecular formula is C23H26ClF2N3O. The molecule has 1 aromatic heterocycles. The maximum Gasteiger partial charge on any atom is 0.257 e. The van der Waals surface area contributed by atoms with Gasteiger partial charge < -0.3 is 9.47 Å². The number of imidazole rings is 1. The third-order valence-electron chi connectivity index (χ3n) is 4.99. The molecule has 4 nitrogen and oxygen atoms in total. The second kappa shape index (κ2) is 9.56. The molecule has 0 bridgehead atoms. The zero-order valence-corrected chi connectivity index (χ0v) is 18.2. The minimum Gasteiger partial charge on any atom is -0.331 e. The van der Waals surface area contributed by atoms with E-state index in [1.54, 1.807) is 11.0 Å². The highest BCUT2D eigenvalue weighted by Crippen LogP contribution is 2.23. The molecule has 1 heterocycles. The van der Waals surface area contributed by atoms with Gasteiger partial charge in [0.15, 0.2) is 0 Å². The molecule has 0 atom stereocenters. The third-order valence-corrected chi connectivity index (χ3v) is 5.23. The van der Waals surface area contributed by atoms with Crippen LogP contribution in [0.15, 0.2) is 36.4 Å². The van der Waals surface area contributed by atoms with Gasteiger partial charge >= 0.3 is 0 Å². The summed E-state index contributed by atoms with van der Waals surface area (Å²) >= 11 is 6.17. The smallest absolute Gasteiger partial charge is 0.257 e. The fourth-order valence-corrected chi connectivity index (χ4v) is 3.57. The molecule has 3 aromatic rings. The van der Waals surface area contributed by atoms with Crippen LogP contribution in [0.2, 0.25) is 5.02 Å². The van der Waals surface area contributed by atoms with Gasteiger partial charge in [-0.1, -0.05) is 32.4 Å². The van der Waals surface area contributed by atoms with E-state index in [9.17, 15) is 13.6 Å². The predicted molar refractivity (Wildman–Crippen MR) is 116 cm³/mol. The molecular weight excluding hydrogens is 408 g/mol. The average molecular weight is 434 g/mol. The van der Waals surface area contributed by atoms with Crippen molar-refractivity contribution < 1.29 is 13.6 Å². The van der Waals surface area contributed by atoms with Gasteiger partial charge in [0.05, 0.1) is 23.1 Å². The van der Waals surface area contributed by atoms with Crippen molar-refractivity contribution in [1.82, 2.24) is 14.5 Å². The van der Waals surface area contributed by atoms with Gasteiger partial charge in [0.1, 0.15) is 17.5 Å². The summed E-state index contributed by atoms with van der Waals surface area (Å²) in [6, 6.07) is 8.43. The van der Waals surface area contributed by atoms with Crippen molar-refractivity contribution in [2.75, 3.05) is 6.54 Å². The number of hydrogen-bond acceptors (Lipinski definition) is 2. The minimum absolute atomic E-state index is 0.202. The summed E-state index contributed by atoms with van der Waals surface area (Å²) in [5, 5.41) is 0.612. The van der Waals surface area contributed by atoms with Crippen LogP contribution in [-0.4, -0.2) is 26.9 Å². The van der Waals surface area contributed by atoms with Gasteiger partial charge in [0.2, 0.25) is 0 Å². The number of aromatic nitrogens is 2. The van der Waals surface area contributed by atoms with E-state index >= 15 is 0 Å². The molecule has 0 aliphatic heterocycles. The number of nitrogens with zero attached hydrogens (tertiary/aromatic N) is 3. The molecule has 3 rings (SSSR count). The van der Waals surface area contributed by atoms with Crippen LogP contribution in [0.25, 0.3) is 11.0 Å². The summed E-state index contributed by atoms with van der Waals surface area (Å²) in [6.45, 7) is 7.51. The molecule has 1 amide bonds. The quantitative estimate of drug-likeness (QED) is 0.432. The zero-order valence-electron chi connectivity index (χ0n) is 17.5. The van der Waals surface area contributed by atoms with Crippen molar-refractivity contribution in [3.8, 4) is 0 Å². The topological polar surface area (TPSA) is 38.1 Å². The van der Waals surface area contributed by atoms with Crippen molar-refractivity contribution in [2.45, 2.75) is 46.7 Å². The molecule has 0 fully saturated rings. The molecule has 160 valence electrons. The van der Waals surface area contributed by atoms with Crippen molar-refractivity contribution in [3.63, 3.8) is 0 Å².